The number of carbonyl (C=O) groups is 2. The van der Waals surface area contributed by atoms with Crippen molar-refractivity contribution in [1.29, 1.82) is 0 Å². The van der Waals surface area contributed by atoms with Crippen molar-refractivity contribution >= 4 is 23.6 Å². The second-order valence-electron chi connectivity index (χ2n) is 8.66. The van der Waals surface area contributed by atoms with Crippen molar-refractivity contribution < 1.29 is 41.0 Å². The zero-order chi connectivity index (χ0) is 29.0. The number of alkyl halides is 6. The number of urea groups is 1. The van der Waals surface area contributed by atoms with Crippen LogP contribution >= 0.6 is 11.6 Å². The monoisotopic (exact) mass is 572 g/mol. The third kappa shape index (κ3) is 8.13. The third-order valence-electron chi connectivity index (χ3n) is 5.81. The van der Waals surface area contributed by atoms with Crippen molar-refractivity contribution in [3.63, 3.8) is 0 Å². The summed E-state index contributed by atoms with van der Waals surface area (Å²) in [5.74, 6) is -1.37. The average molecular weight is 573 g/mol. The fraction of sp³-hybridized carbons (Fsp3) is 0.259. The lowest BCUT2D eigenvalue weighted by atomic mass is 9.93. The Morgan fingerprint density at radius 1 is 0.872 bits per heavy atom. The highest BCUT2D eigenvalue weighted by Gasteiger charge is 2.33. The minimum absolute atomic E-state index is 0.00434. The Labute approximate surface area is 225 Å². The van der Waals surface area contributed by atoms with E-state index in [0.717, 1.165) is 29.8 Å². The first-order valence-corrected chi connectivity index (χ1v) is 12.0. The highest BCUT2D eigenvalue weighted by molar-refractivity contribution is 6.30. The predicted octanol–water partition coefficient (Wildman–Crippen LogP) is 7.40. The van der Waals surface area contributed by atoms with Gasteiger partial charge in [-0.25, -0.2) is 4.79 Å². The minimum atomic E-state index is -4.83. The van der Waals surface area contributed by atoms with E-state index in [4.69, 9.17) is 16.7 Å². The van der Waals surface area contributed by atoms with Gasteiger partial charge in [0.25, 0.3) is 0 Å². The van der Waals surface area contributed by atoms with Crippen molar-refractivity contribution in [2.45, 2.75) is 38.8 Å². The molecule has 0 aromatic heterocycles. The summed E-state index contributed by atoms with van der Waals surface area (Å²) in [7, 11) is 0. The first-order valence-electron chi connectivity index (χ1n) is 11.6. The van der Waals surface area contributed by atoms with Crippen LogP contribution in [0.3, 0.4) is 0 Å². The predicted molar refractivity (Wildman–Crippen MR) is 133 cm³/mol. The molecular formula is C27H23ClF6N2O3. The van der Waals surface area contributed by atoms with Crippen molar-refractivity contribution in [2.24, 2.45) is 0 Å². The van der Waals surface area contributed by atoms with Gasteiger partial charge in [-0.1, -0.05) is 35.9 Å². The van der Waals surface area contributed by atoms with Gasteiger partial charge in [-0.15, -0.1) is 0 Å². The van der Waals surface area contributed by atoms with Crippen LogP contribution < -0.4 is 5.32 Å². The number of carbonyl (C=O) groups excluding carboxylic acids is 1. The number of nitrogens with zero attached hydrogens (tertiary/aromatic N) is 1. The van der Waals surface area contributed by atoms with Crippen LogP contribution in [0.1, 0.15) is 34.7 Å². The number of hydrogen-bond donors (Lipinski definition) is 2. The summed E-state index contributed by atoms with van der Waals surface area (Å²) < 4.78 is 81.3. The molecular weight excluding hydrogens is 550 g/mol. The topological polar surface area (TPSA) is 69.6 Å². The molecule has 0 bridgehead atoms. The molecule has 2 N–H and O–H groups in total. The van der Waals surface area contributed by atoms with Gasteiger partial charge < -0.3 is 15.3 Å². The number of benzene rings is 3. The summed E-state index contributed by atoms with van der Waals surface area (Å²) in [6, 6.07) is 11.2. The summed E-state index contributed by atoms with van der Waals surface area (Å²) >= 11 is 5.85. The van der Waals surface area contributed by atoms with E-state index < -0.39 is 41.9 Å². The van der Waals surface area contributed by atoms with Crippen LogP contribution in [0.5, 0.6) is 0 Å². The lowest BCUT2D eigenvalue weighted by Crippen LogP contribution is -2.39. The molecule has 3 aromatic rings. The summed E-state index contributed by atoms with van der Waals surface area (Å²) in [5.41, 5.74) is -1.82. The Bertz CT molecular complexity index is 1340. The number of rotatable bonds is 8. The molecule has 3 rings (SSSR count). The number of carboxylic acid groups (broad SMARTS) is 1. The summed E-state index contributed by atoms with van der Waals surface area (Å²) in [4.78, 5) is 25.2. The largest absolute Gasteiger partial charge is 0.481 e. The molecule has 0 spiro atoms. The summed E-state index contributed by atoms with van der Waals surface area (Å²) in [6.07, 6.45) is -10.3. The lowest BCUT2D eigenvalue weighted by Gasteiger charge is -2.24. The molecule has 0 aliphatic rings. The SMILES string of the molecule is CCN(Cc1cc(C(F)(F)F)ccc1-c1cc(CC(=O)O)cc(C(F)(F)F)c1)C(=O)NCc1ccc(Cl)cc1. The zero-order valence-electron chi connectivity index (χ0n) is 20.5. The number of halogens is 7. The number of aliphatic carboxylic acids is 1. The Balaban J connectivity index is 2.02. The maximum absolute atomic E-state index is 13.6. The second kappa shape index (κ2) is 12.0. The number of nitrogens with one attached hydrogen (secondary N) is 1. The first kappa shape index (κ1) is 29.8. The van der Waals surface area contributed by atoms with Crippen LogP contribution in [0.4, 0.5) is 31.1 Å². The standard InChI is InChI=1S/C27H23ClF6N2O3/c1-2-36(25(39)35-14-16-3-6-22(28)7-4-16)15-19-13-20(26(29,30)31)5-8-23(19)18-9-17(11-24(37)38)10-21(12-18)27(32,33)34/h3-10,12-13H,2,11,14-15H2,1H3,(H,35,39)(H,37,38). The Kier molecular flexibility index (Phi) is 9.16. The van der Waals surface area contributed by atoms with Gasteiger partial charge in [-0.05, 0) is 71.1 Å². The van der Waals surface area contributed by atoms with E-state index >= 15 is 0 Å². The summed E-state index contributed by atoms with van der Waals surface area (Å²) in [6.45, 7) is 1.43. The van der Waals surface area contributed by atoms with Crippen molar-refractivity contribution in [2.75, 3.05) is 6.54 Å². The molecule has 0 radical (unpaired) electrons. The molecule has 208 valence electrons. The van der Waals surface area contributed by atoms with Gasteiger partial charge in [0.2, 0.25) is 0 Å². The van der Waals surface area contributed by atoms with Crippen LogP contribution in [0.15, 0.2) is 60.7 Å². The molecule has 0 unspecified atom stereocenters. The van der Waals surface area contributed by atoms with Gasteiger partial charge in [-0.3, -0.25) is 4.79 Å². The molecule has 0 saturated carbocycles. The fourth-order valence-electron chi connectivity index (χ4n) is 3.89. The van der Waals surface area contributed by atoms with Gasteiger partial charge in [-0.2, -0.15) is 26.3 Å². The molecule has 0 aliphatic heterocycles. The summed E-state index contributed by atoms with van der Waals surface area (Å²) in [5, 5.41) is 12.3. The van der Waals surface area contributed by atoms with E-state index in [2.05, 4.69) is 5.32 Å². The highest BCUT2D eigenvalue weighted by atomic mass is 35.5. The molecule has 2 amide bonds. The number of hydrogen-bond acceptors (Lipinski definition) is 2. The normalized spacial score (nSPS) is 11.8. The fourth-order valence-corrected chi connectivity index (χ4v) is 4.02. The minimum Gasteiger partial charge on any atom is -0.481 e. The first-order chi connectivity index (χ1) is 18.2. The van der Waals surface area contributed by atoms with Crippen LogP contribution in [0.2, 0.25) is 5.02 Å². The molecule has 0 atom stereocenters. The van der Waals surface area contributed by atoms with E-state index in [1.165, 1.54) is 11.0 Å². The molecule has 0 aliphatic carbocycles. The molecule has 3 aromatic carbocycles. The van der Waals surface area contributed by atoms with Crippen LogP contribution in [-0.2, 0) is 36.7 Å². The van der Waals surface area contributed by atoms with Crippen molar-refractivity contribution in [3.8, 4) is 11.1 Å². The van der Waals surface area contributed by atoms with Gasteiger partial charge in [0.05, 0.1) is 17.5 Å². The Morgan fingerprint density at radius 3 is 2.08 bits per heavy atom. The van der Waals surface area contributed by atoms with Gasteiger partial charge >= 0.3 is 24.4 Å². The molecule has 0 heterocycles. The van der Waals surface area contributed by atoms with Crippen molar-refractivity contribution in [3.05, 3.63) is 93.5 Å². The molecule has 0 fully saturated rings. The Morgan fingerprint density at radius 2 is 1.51 bits per heavy atom. The van der Waals surface area contributed by atoms with Gasteiger partial charge in [0.1, 0.15) is 0 Å². The third-order valence-corrected chi connectivity index (χ3v) is 6.06. The van der Waals surface area contributed by atoms with E-state index in [0.29, 0.717) is 11.1 Å². The van der Waals surface area contributed by atoms with E-state index in [-0.39, 0.29) is 41.9 Å². The second-order valence-corrected chi connectivity index (χ2v) is 9.09. The quantitative estimate of drug-likeness (QED) is 0.276. The number of amides is 2. The Hall–Kier alpha value is -3.73. The molecule has 0 saturated heterocycles. The van der Waals surface area contributed by atoms with Crippen LogP contribution in [0.25, 0.3) is 11.1 Å². The zero-order valence-corrected chi connectivity index (χ0v) is 21.2. The number of carboxylic acids is 1. The average Bonchev–Trinajstić information content (AvgIpc) is 2.85. The highest BCUT2D eigenvalue weighted by Crippen LogP contribution is 2.37. The van der Waals surface area contributed by atoms with E-state index in [9.17, 15) is 35.9 Å². The maximum Gasteiger partial charge on any atom is 0.416 e. The van der Waals surface area contributed by atoms with Crippen LogP contribution in [0, 0.1) is 0 Å². The molecule has 39 heavy (non-hydrogen) atoms. The smallest absolute Gasteiger partial charge is 0.416 e. The maximum atomic E-state index is 13.6. The van der Waals surface area contributed by atoms with E-state index in [1.807, 2.05) is 0 Å². The van der Waals surface area contributed by atoms with Crippen molar-refractivity contribution in [1.82, 2.24) is 10.2 Å². The molecule has 12 heteroatoms. The van der Waals surface area contributed by atoms with Gasteiger partial charge in [0, 0.05) is 24.7 Å². The molecule has 5 nitrogen and oxygen atoms in total. The lowest BCUT2D eigenvalue weighted by molar-refractivity contribution is -0.138. The van der Waals surface area contributed by atoms with E-state index in [1.54, 1.807) is 31.2 Å². The van der Waals surface area contributed by atoms with Gasteiger partial charge in [0.15, 0.2) is 0 Å². The van der Waals surface area contributed by atoms with Crippen LogP contribution in [-0.4, -0.2) is 28.6 Å².